The van der Waals surface area contributed by atoms with Gasteiger partial charge in [-0.3, -0.25) is 9.10 Å². The third-order valence-corrected chi connectivity index (χ3v) is 5.47. The quantitative estimate of drug-likeness (QED) is 0.697. The molecule has 152 valence electrons. The number of carbonyl (C=O) groups excluding carboxylic acids is 1. The number of benzene rings is 2. The summed E-state index contributed by atoms with van der Waals surface area (Å²) in [6.07, 6.45) is 1.31. The monoisotopic (exact) mass is 426 g/mol. The number of rotatable bonds is 8. The van der Waals surface area contributed by atoms with Gasteiger partial charge in [0.05, 0.1) is 31.9 Å². The molecule has 2 rings (SSSR count). The van der Waals surface area contributed by atoms with Crippen LogP contribution in [-0.4, -0.2) is 40.8 Å². The molecule has 0 unspecified atom stereocenters. The maximum Gasteiger partial charge on any atom is 0.248 e. The maximum atomic E-state index is 13.0. The van der Waals surface area contributed by atoms with Crippen LogP contribution >= 0.6 is 11.6 Å². The van der Waals surface area contributed by atoms with Gasteiger partial charge in [0.1, 0.15) is 17.5 Å². The van der Waals surface area contributed by atoms with Crippen LogP contribution < -0.4 is 19.1 Å². The molecule has 0 aliphatic heterocycles. The Labute approximate surface area is 170 Å². The third-order valence-electron chi connectivity index (χ3n) is 4.06. The summed E-state index contributed by atoms with van der Waals surface area (Å²) in [5.41, 5.74) is 0.694. The summed E-state index contributed by atoms with van der Waals surface area (Å²) in [7, 11) is -0.803. The van der Waals surface area contributed by atoms with Crippen LogP contribution in [0.2, 0.25) is 5.02 Å². The van der Waals surface area contributed by atoms with Crippen LogP contribution in [-0.2, 0) is 14.8 Å². The fourth-order valence-electron chi connectivity index (χ4n) is 2.80. The van der Waals surface area contributed by atoms with Crippen molar-refractivity contribution < 1.29 is 22.7 Å². The van der Waals surface area contributed by atoms with Gasteiger partial charge < -0.3 is 14.8 Å². The number of sulfonamides is 1. The van der Waals surface area contributed by atoms with Crippen molar-refractivity contribution in [2.45, 2.75) is 19.4 Å². The van der Waals surface area contributed by atoms with Gasteiger partial charge in [0.15, 0.2) is 0 Å². The molecule has 0 saturated heterocycles. The van der Waals surface area contributed by atoms with Crippen molar-refractivity contribution in [3.8, 4) is 11.5 Å². The first-order valence-electron chi connectivity index (χ1n) is 8.49. The average Bonchev–Trinajstić information content (AvgIpc) is 2.65. The number of anilines is 2. The van der Waals surface area contributed by atoms with Crippen LogP contribution in [0.1, 0.15) is 13.3 Å². The van der Waals surface area contributed by atoms with Crippen molar-refractivity contribution >= 4 is 38.9 Å². The van der Waals surface area contributed by atoms with Crippen LogP contribution in [0, 0.1) is 0 Å². The zero-order valence-electron chi connectivity index (χ0n) is 16.1. The summed E-state index contributed by atoms with van der Waals surface area (Å²) in [5, 5.41) is 3.13. The van der Waals surface area contributed by atoms with Gasteiger partial charge in [-0.25, -0.2) is 8.42 Å². The van der Waals surface area contributed by atoms with Crippen molar-refractivity contribution in [1.29, 1.82) is 0 Å². The highest BCUT2D eigenvalue weighted by molar-refractivity contribution is 7.92. The largest absolute Gasteiger partial charge is 0.497 e. The minimum absolute atomic E-state index is 0.249. The van der Waals surface area contributed by atoms with E-state index in [0.29, 0.717) is 27.9 Å². The lowest BCUT2D eigenvalue weighted by Crippen LogP contribution is -2.47. The summed E-state index contributed by atoms with van der Waals surface area (Å²) < 4.78 is 36.5. The summed E-state index contributed by atoms with van der Waals surface area (Å²) in [6.45, 7) is 1.73. The Morgan fingerprint density at radius 3 is 2.46 bits per heavy atom. The molecule has 0 fully saturated rings. The minimum Gasteiger partial charge on any atom is -0.497 e. The second-order valence-electron chi connectivity index (χ2n) is 6.02. The molecule has 0 spiro atoms. The molecule has 0 saturated carbocycles. The van der Waals surface area contributed by atoms with E-state index >= 15 is 0 Å². The number of nitrogens with zero attached hydrogens (tertiary/aromatic N) is 1. The Hall–Kier alpha value is -2.45. The highest BCUT2D eigenvalue weighted by Crippen LogP contribution is 2.30. The molecule has 0 radical (unpaired) electrons. The average molecular weight is 427 g/mol. The molecule has 9 heteroatoms. The van der Waals surface area contributed by atoms with Crippen molar-refractivity contribution in [2.75, 3.05) is 30.1 Å². The number of hydrogen-bond acceptors (Lipinski definition) is 5. The predicted octanol–water partition coefficient (Wildman–Crippen LogP) is 3.54. The zero-order valence-corrected chi connectivity index (χ0v) is 17.7. The van der Waals surface area contributed by atoms with E-state index in [1.807, 2.05) is 0 Å². The Kier molecular flexibility index (Phi) is 7.15. The summed E-state index contributed by atoms with van der Waals surface area (Å²) >= 11 is 6.01. The van der Waals surface area contributed by atoms with E-state index in [4.69, 9.17) is 21.1 Å². The van der Waals surface area contributed by atoms with E-state index in [1.54, 1.807) is 49.4 Å². The zero-order chi connectivity index (χ0) is 20.9. The standard InChI is InChI=1S/C19H23ClN2O5S/c1-5-17(19(23)21-16-11-13(20)9-10-18(16)27-3)22(28(4,24)25)14-7-6-8-15(12-14)26-2/h6-12,17H,5H2,1-4H3,(H,21,23)/t17-/m0/s1. The number of hydrogen-bond donors (Lipinski definition) is 1. The van der Waals surface area contributed by atoms with Gasteiger partial charge in [0.25, 0.3) is 0 Å². The van der Waals surface area contributed by atoms with Crippen LogP contribution in [0.4, 0.5) is 11.4 Å². The summed E-state index contributed by atoms with van der Waals surface area (Å²) in [5.74, 6) is 0.397. The highest BCUT2D eigenvalue weighted by atomic mass is 35.5. The topological polar surface area (TPSA) is 84.9 Å². The van der Waals surface area contributed by atoms with Crippen molar-refractivity contribution in [3.63, 3.8) is 0 Å². The molecule has 28 heavy (non-hydrogen) atoms. The van der Waals surface area contributed by atoms with Gasteiger partial charge in [0, 0.05) is 11.1 Å². The fraction of sp³-hybridized carbons (Fsp3) is 0.316. The number of nitrogens with one attached hydrogen (secondary N) is 1. The molecular formula is C19H23ClN2O5S. The molecule has 0 aliphatic carbocycles. The first kappa shape index (κ1) is 21.8. The molecule has 0 aromatic heterocycles. The molecule has 0 aliphatic rings. The SMILES string of the molecule is CC[C@@H](C(=O)Nc1cc(Cl)ccc1OC)N(c1cccc(OC)c1)S(C)(=O)=O. The van der Waals surface area contributed by atoms with Gasteiger partial charge >= 0.3 is 0 Å². The van der Waals surface area contributed by atoms with E-state index in [2.05, 4.69) is 5.32 Å². The van der Waals surface area contributed by atoms with E-state index < -0.39 is 22.0 Å². The molecular weight excluding hydrogens is 404 g/mol. The molecule has 0 heterocycles. The van der Waals surface area contributed by atoms with E-state index in [9.17, 15) is 13.2 Å². The second kappa shape index (κ2) is 9.16. The smallest absolute Gasteiger partial charge is 0.248 e. The minimum atomic E-state index is -3.76. The van der Waals surface area contributed by atoms with Gasteiger partial charge in [-0.1, -0.05) is 24.6 Å². The van der Waals surface area contributed by atoms with Gasteiger partial charge in [-0.05, 0) is 36.8 Å². The molecule has 2 aromatic carbocycles. The molecule has 1 amide bonds. The fourth-order valence-corrected chi connectivity index (χ4v) is 4.18. The van der Waals surface area contributed by atoms with Crippen LogP contribution in [0.5, 0.6) is 11.5 Å². The first-order chi connectivity index (χ1) is 13.2. The Balaban J connectivity index is 2.43. The normalized spacial score (nSPS) is 12.2. The number of halogens is 1. The number of amides is 1. The predicted molar refractivity (Wildman–Crippen MR) is 111 cm³/mol. The van der Waals surface area contributed by atoms with Crippen molar-refractivity contribution in [1.82, 2.24) is 0 Å². The van der Waals surface area contributed by atoms with E-state index in [-0.39, 0.29) is 6.42 Å². The molecule has 7 nitrogen and oxygen atoms in total. The molecule has 0 bridgehead atoms. The van der Waals surface area contributed by atoms with Gasteiger partial charge in [0.2, 0.25) is 15.9 Å². The van der Waals surface area contributed by atoms with Crippen LogP contribution in [0.15, 0.2) is 42.5 Å². The lowest BCUT2D eigenvalue weighted by Gasteiger charge is -2.30. The lowest BCUT2D eigenvalue weighted by molar-refractivity contribution is -0.117. The lowest BCUT2D eigenvalue weighted by atomic mass is 10.1. The summed E-state index contributed by atoms with van der Waals surface area (Å²) in [6, 6.07) is 10.4. The second-order valence-corrected chi connectivity index (χ2v) is 8.31. The Morgan fingerprint density at radius 1 is 1.18 bits per heavy atom. The first-order valence-corrected chi connectivity index (χ1v) is 10.7. The van der Waals surface area contributed by atoms with E-state index in [0.717, 1.165) is 10.6 Å². The Bertz CT molecular complexity index is 949. The number of methoxy groups -OCH3 is 2. The molecule has 1 atom stereocenters. The maximum absolute atomic E-state index is 13.0. The van der Waals surface area contributed by atoms with Crippen LogP contribution in [0.3, 0.4) is 0 Å². The van der Waals surface area contributed by atoms with Crippen LogP contribution in [0.25, 0.3) is 0 Å². The molecule has 1 N–H and O–H groups in total. The van der Waals surface area contributed by atoms with Gasteiger partial charge in [-0.15, -0.1) is 0 Å². The third kappa shape index (κ3) is 5.08. The van der Waals surface area contributed by atoms with Gasteiger partial charge in [-0.2, -0.15) is 0 Å². The number of carbonyl (C=O) groups is 1. The van der Waals surface area contributed by atoms with Crippen molar-refractivity contribution in [3.05, 3.63) is 47.5 Å². The molecule has 2 aromatic rings. The Morgan fingerprint density at radius 2 is 1.89 bits per heavy atom. The highest BCUT2D eigenvalue weighted by Gasteiger charge is 2.32. The number of ether oxygens (including phenoxy) is 2. The van der Waals surface area contributed by atoms with Crippen molar-refractivity contribution in [2.24, 2.45) is 0 Å². The van der Waals surface area contributed by atoms with E-state index in [1.165, 1.54) is 14.2 Å². The summed E-state index contributed by atoms with van der Waals surface area (Å²) in [4.78, 5) is 13.0.